The second-order valence-electron chi connectivity index (χ2n) is 5.46. The quantitative estimate of drug-likeness (QED) is 0.560. The molecule has 0 amide bonds. The number of nitrogens with two attached hydrogens (primary N) is 1. The molecule has 3 N–H and O–H groups in total. The van der Waals surface area contributed by atoms with Gasteiger partial charge in [-0.05, 0) is 40.8 Å². The summed E-state index contributed by atoms with van der Waals surface area (Å²) in [5.74, 6) is 5.78. The summed E-state index contributed by atoms with van der Waals surface area (Å²) in [5, 5.41) is 2.55. The highest BCUT2D eigenvalue weighted by Crippen LogP contribution is 2.23. The van der Waals surface area contributed by atoms with E-state index in [0.717, 1.165) is 6.42 Å². The lowest BCUT2D eigenvalue weighted by Gasteiger charge is -2.19. The zero-order valence-electron chi connectivity index (χ0n) is 12.2. The maximum absolute atomic E-state index is 5.78. The van der Waals surface area contributed by atoms with Gasteiger partial charge in [-0.3, -0.25) is 11.3 Å². The predicted octanol–water partition coefficient (Wildman–Crippen LogP) is 3.90. The summed E-state index contributed by atoms with van der Waals surface area (Å²) in [4.78, 5) is 0. The normalized spacial score (nSPS) is 12.5. The van der Waals surface area contributed by atoms with Gasteiger partial charge in [-0.2, -0.15) is 0 Å². The molecule has 21 heavy (non-hydrogen) atoms. The first-order valence-corrected chi connectivity index (χ1v) is 7.27. The van der Waals surface area contributed by atoms with Crippen LogP contribution in [-0.2, 0) is 6.42 Å². The smallest absolute Gasteiger partial charge is 0.0502 e. The number of fused-ring (bicyclic) bond motifs is 1. The van der Waals surface area contributed by atoms with Crippen molar-refractivity contribution in [1.82, 2.24) is 5.43 Å². The van der Waals surface area contributed by atoms with E-state index in [0.29, 0.717) is 0 Å². The van der Waals surface area contributed by atoms with Crippen LogP contribution >= 0.6 is 0 Å². The summed E-state index contributed by atoms with van der Waals surface area (Å²) in [6.45, 7) is 2.13. The van der Waals surface area contributed by atoms with Gasteiger partial charge in [0.2, 0.25) is 0 Å². The first-order chi connectivity index (χ1) is 10.3. The van der Waals surface area contributed by atoms with Gasteiger partial charge in [-0.15, -0.1) is 0 Å². The maximum Gasteiger partial charge on any atom is 0.0502 e. The van der Waals surface area contributed by atoms with Crippen LogP contribution in [-0.4, -0.2) is 0 Å². The Morgan fingerprint density at radius 2 is 1.62 bits per heavy atom. The minimum atomic E-state index is 0.132. The van der Waals surface area contributed by atoms with E-state index in [1.165, 1.54) is 27.5 Å². The Morgan fingerprint density at radius 3 is 2.38 bits per heavy atom. The fourth-order valence-electron chi connectivity index (χ4n) is 2.84. The standard InChI is InChI=1S/C19H20N2/c1-14-6-2-5-9-18(14)19(21-20)13-15-10-11-16-7-3-4-8-17(16)12-15/h2-12,19,21H,13,20H2,1H3. The van der Waals surface area contributed by atoms with Crippen LogP contribution in [0.15, 0.2) is 66.7 Å². The molecule has 3 aromatic carbocycles. The van der Waals surface area contributed by atoms with E-state index < -0.39 is 0 Å². The van der Waals surface area contributed by atoms with Crippen molar-refractivity contribution < 1.29 is 0 Å². The van der Waals surface area contributed by atoms with Crippen LogP contribution in [0.5, 0.6) is 0 Å². The first-order valence-electron chi connectivity index (χ1n) is 7.27. The van der Waals surface area contributed by atoms with E-state index in [1.807, 2.05) is 0 Å². The largest absolute Gasteiger partial charge is 0.271 e. The zero-order valence-corrected chi connectivity index (χ0v) is 12.2. The molecule has 3 aromatic rings. The van der Waals surface area contributed by atoms with Crippen LogP contribution in [0.1, 0.15) is 22.7 Å². The van der Waals surface area contributed by atoms with Gasteiger partial charge in [0.05, 0.1) is 6.04 Å². The first kappa shape index (κ1) is 13.8. The van der Waals surface area contributed by atoms with Gasteiger partial charge in [-0.1, -0.05) is 66.7 Å². The van der Waals surface area contributed by atoms with E-state index in [9.17, 15) is 0 Å². The van der Waals surface area contributed by atoms with E-state index >= 15 is 0 Å². The van der Waals surface area contributed by atoms with Gasteiger partial charge in [-0.25, -0.2) is 0 Å². The second-order valence-corrected chi connectivity index (χ2v) is 5.46. The topological polar surface area (TPSA) is 38.0 Å². The average Bonchev–Trinajstić information content (AvgIpc) is 2.53. The molecule has 0 saturated heterocycles. The molecule has 2 nitrogen and oxygen atoms in total. The minimum Gasteiger partial charge on any atom is -0.271 e. The van der Waals surface area contributed by atoms with Crippen molar-refractivity contribution in [2.75, 3.05) is 0 Å². The molecule has 0 aliphatic heterocycles. The molecule has 0 aliphatic carbocycles. The number of aryl methyl sites for hydroxylation is 1. The van der Waals surface area contributed by atoms with E-state index in [4.69, 9.17) is 5.84 Å². The molecule has 3 rings (SSSR count). The number of nitrogens with one attached hydrogen (secondary N) is 1. The fourth-order valence-corrected chi connectivity index (χ4v) is 2.84. The summed E-state index contributed by atoms with van der Waals surface area (Å²) < 4.78 is 0. The highest BCUT2D eigenvalue weighted by molar-refractivity contribution is 5.83. The molecular weight excluding hydrogens is 256 g/mol. The molecule has 0 bridgehead atoms. The molecule has 0 heterocycles. The fraction of sp³-hybridized carbons (Fsp3) is 0.158. The number of hydrogen-bond donors (Lipinski definition) is 2. The lowest BCUT2D eigenvalue weighted by atomic mass is 9.95. The Kier molecular flexibility index (Phi) is 4.00. The Hall–Kier alpha value is -2.16. The van der Waals surface area contributed by atoms with Gasteiger partial charge in [0, 0.05) is 0 Å². The highest BCUT2D eigenvalue weighted by atomic mass is 15.2. The molecule has 2 heteroatoms. The molecule has 1 atom stereocenters. The van der Waals surface area contributed by atoms with E-state index in [2.05, 4.69) is 79.1 Å². The van der Waals surface area contributed by atoms with Crippen LogP contribution in [0.25, 0.3) is 10.8 Å². The summed E-state index contributed by atoms with van der Waals surface area (Å²) in [5.41, 5.74) is 6.77. The van der Waals surface area contributed by atoms with Crippen molar-refractivity contribution >= 4 is 10.8 Å². The summed E-state index contributed by atoms with van der Waals surface area (Å²) in [6.07, 6.45) is 0.881. The molecule has 0 spiro atoms. The number of hydrazine groups is 1. The van der Waals surface area contributed by atoms with Crippen molar-refractivity contribution in [2.45, 2.75) is 19.4 Å². The number of benzene rings is 3. The zero-order chi connectivity index (χ0) is 14.7. The molecule has 0 aromatic heterocycles. The van der Waals surface area contributed by atoms with E-state index in [1.54, 1.807) is 0 Å². The number of hydrogen-bond acceptors (Lipinski definition) is 2. The van der Waals surface area contributed by atoms with Crippen LogP contribution in [0.4, 0.5) is 0 Å². The molecule has 0 aliphatic rings. The van der Waals surface area contributed by atoms with Gasteiger partial charge in [0.1, 0.15) is 0 Å². The SMILES string of the molecule is Cc1ccccc1C(Cc1ccc2ccccc2c1)NN. The molecule has 0 saturated carbocycles. The van der Waals surface area contributed by atoms with Crippen molar-refractivity contribution in [2.24, 2.45) is 5.84 Å². The van der Waals surface area contributed by atoms with Crippen molar-refractivity contribution in [3.8, 4) is 0 Å². The van der Waals surface area contributed by atoms with Gasteiger partial charge in [0.25, 0.3) is 0 Å². The lowest BCUT2D eigenvalue weighted by Crippen LogP contribution is -2.30. The summed E-state index contributed by atoms with van der Waals surface area (Å²) in [6, 6.07) is 23.6. The molecule has 0 radical (unpaired) electrons. The van der Waals surface area contributed by atoms with Gasteiger partial charge >= 0.3 is 0 Å². The minimum absolute atomic E-state index is 0.132. The van der Waals surface area contributed by atoms with E-state index in [-0.39, 0.29) is 6.04 Å². The van der Waals surface area contributed by atoms with Crippen LogP contribution in [0.3, 0.4) is 0 Å². The maximum atomic E-state index is 5.78. The Labute approximate surface area is 125 Å². The second kappa shape index (κ2) is 6.08. The third-order valence-electron chi connectivity index (χ3n) is 4.02. The lowest BCUT2D eigenvalue weighted by molar-refractivity contribution is 0.549. The Bertz CT molecular complexity index is 749. The van der Waals surface area contributed by atoms with Crippen LogP contribution in [0, 0.1) is 6.92 Å². The summed E-state index contributed by atoms with van der Waals surface area (Å²) >= 11 is 0. The monoisotopic (exact) mass is 276 g/mol. The van der Waals surface area contributed by atoms with Crippen molar-refractivity contribution in [3.05, 3.63) is 83.4 Å². The van der Waals surface area contributed by atoms with Gasteiger partial charge in [0.15, 0.2) is 0 Å². The van der Waals surface area contributed by atoms with Crippen LogP contribution < -0.4 is 11.3 Å². The van der Waals surface area contributed by atoms with Crippen molar-refractivity contribution in [3.63, 3.8) is 0 Å². The predicted molar refractivity (Wildman–Crippen MR) is 88.9 cm³/mol. The Balaban J connectivity index is 1.90. The third kappa shape index (κ3) is 2.97. The van der Waals surface area contributed by atoms with Gasteiger partial charge < -0.3 is 0 Å². The molecular formula is C19H20N2. The number of rotatable bonds is 4. The molecule has 106 valence electrons. The molecule has 1 unspecified atom stereocenters. The molecule has 0 fully saturated rings. The highest BCUT2D eigenvalue weighted by Gasteiger charge is 2.12. The van der Waals surface area contributed by atoms with Crippen molar-refractivity contribution in [1.29, 1.82) is 0 Å². The third-order valence-corrected chi connectivity index (χ3v) is 4.02. The van der Waals surface area contributed by atoms with Crippen LogP contribution in [0.2, 0.25) is 0 Å². The average molecular weight is 276 g/mol. The Morgan fingerprint density at radius 1 is 0.905 bits per heavy atom. The summed E-state index contributed by atoms with van der Waals surface area (Å²) in [7, 11) is 0.